The summed E-state index contributed by atoms with van der Waals surface area (Å²) in [7, 11) is 1.67. The predicted octanol–water partition coefficient (Wildman–Crippen LogP) is 3.56. The van der Waals surface area contributed by atoms with Crippen molar-refractivity contribution in [1.29, 1.82) is 0 Å². The largest absolute Gasteiger partial charge is 0.383 e. The van der Waals surface area contributed by atoms with E-state index in [1.54, 1.807) is 19.5 Å². The molecule has 0 bridgehead atoms. The molecule has 0 N–H and O–H groups in total. The van der Waals surface area contributed by atoms with E-state index in [-0.39, 0.29) is 5.91 Å². The van der Waals surface area contributed by atoms with Crippen molar-refractivity contribution < 1.29 is 9.53 Å². The third-order valence-corrected chi connectivity index (χ3v) is 6.79. The van der Waals surface area contributed by atoms with Crippen molar-refractivity contribution in [2.75, 3.05) is 32.6 Å². The Morgan fingerprint density at radius 1 is 1.09 bits per heavy atom. The number of hydrogen-bond acceptors (Lipinski definition) is 6. The molecule has 0 atom stereocenters. The fourth-order valence-corrected chi connectivity index (χ4v) is 4.91. The molecule has 7 nitrogen and oxygen atoms in total. The summed E-state index contributed by atoms with van der Waals surface area (Å²) in [5.41, 5.74) is 2.33. The molecule has 1 aliphatic rings. The van der Waals surface area contributed by atoms with E-state index in [2.05, 4.69) is 45.5 Å². The number of carbonyl (C=O) groups is 1. The van der Waals surface area contributed by atoms with Crippen molar-refractivity contribution in [3.05, 3.63) is 60.4 Å². The molecule has 1 aromatic carbocycles. The number of piperidine rings is 1. The van der Waals surface area contributed by atoms with Crippen LogP contribution in [-0.4, -0.2) is 63.1 Å². The summed E-state index contributed by atoms with van der Waals surface area (Å²) in [6.07, 6.45) is 6.69. The molecule has 0 saturated carbocycles. The quantitative estimate of drug-likeness (QED) is 0.463. The van der Waals surface area contributed by atoms with Crippen LogP contribution in [0.4, 0.5) is 0 Å². The van der Waals surface area contributed by atoms with E-state index >= 15 is 0 Å². The smallest absolute Gasteiger partial charge is 0.233 e. The summed E-state index contributed by atoms with van der Waals surface area (Å²) in [6, 6.07) is 14.4. The fourth-order valence-electron chi connectivity index (χ4n) is 4.05. The Bertz CT molecular complexity index is 988. The van der Waals surface area contributed by atoms with Crippen LogP contribution in [-0.2, 0) is 22.5 Å². The molecule has 8 heteroatoms. The maximum Gasteiger partial charge on any atom is 0.233 e. The highest BCUT2D eigenvalue weighted by molar-refractivity contribution is 7.99. The van der Waals surface area contributed by atoms with Gasteiger partial charge in [0.2, 0.25) is 5.91 Å². The van der Waals surface area contributed by atoms with Crippen molar-refractivity contribution in [2.24, 2.45) is 5.92 Å². The standard InChI is InChI=1S/C24H29N5O2S/c1-31-16-15-29-23(21-7-11-25-12-8-21)26-27-24(29)32-18-22(30)28-13-9-20(10-14-28)17-19-5-3-2-4-6-19/h2-8,11-12,20H,9-10,13-18H2,1H3. The number of carbonyl (C=O) groups excluding carboxylic acids is 1. The number of amides is 1. The van der Waals surface area contributed by atoms with E-state index in [9.17, 15) is 4.79 Å². The average molecular weight is 452 g/mol. The Morgan fingerprint density at radius 3 is 2.56 bits per heavy atom. The SMILES string of the molecule is COCCn1c(SCC(=O)N2CCC(Cc3ccccc3)CC2)nnc1-c1ccncc1. The minimum absolute atomic E-state index is 0.167. The van der Waals surface area contributed by atoms with Crippen molar-refractivity contribution in [3.63, 3.8) is 0 Å². The van der Waals surface area contributed by atoms with Gasteiger partial charge < -0.3 is 9.64 Å². The average Bonchev–Trinajstić information content (AvgIpc) is 3.25. The summed E-state index contributed by atoms with van der Waals surface area (Å²) in [4.78, 5) is 18.9. The van der Waals surface area contributed by atoms with Crippen LogP contribution < -0.4 is 0 Å². The molecule has 0 aliphatic carbocycles. The van der Waals surface area contributed by atoms with Gasteiger partial charge in [0.1, 0.15) is 0 Å². The van der Waals surface area contributed by atoms with Crippen molar-refractivity contribution >= 4 is 17.7 Å². The van der Waals surface area contributed by atoms with Crippen LogP contribution in [0.5, 0.6) is 0 Å². The molecule has 1 amide bonds. The van der Waals surface area contributed by atoms with Gasteiger partial charge in [-0.1, -0.05) is 42.1 Å². The van der Waals surface area contributed by atoms with E-state index < -0.39 is 0 Å². The Morgan fingerprint density at radius 2 is 1.84 bits per heavy atom. The second-order valence-corrected chi connectivity index (χ2v) is 8.93. The van der Waals surface area contributed by atoms with Gasteiger partial charge in [-0.15, -0.1) is 10.2 Å². The molecule has 4 rings (SSSR count). The lowest BCUT2D eigenvalue weighted by molar-refractivity contribution is -0.129. The summed E-state index contributed by atoms with van der Waals surface area (Å²) in [6.45, 7) is 2.83. The first-order chi connectivity index (χ1) is 15.7. The summed E-state index contributed by atoms with van der Waals surface area (Å²) >= 11 is 1.45. The Labute approximate surface area is 193 Å². The fraction of sp³-hybridized carbons (Fsp3) is 0.417. The monoisotopic (exact) mass is 451 g/mol. The minimum Gasteiger partial charge on any atom is -0.383 e. The van der Waals surface area contributed by atoms with Gasteiger partial charge in [0.05, 0.1) is 18.9 Å². The minimum atomic E-state index is 0.167. The van der Waals surface area contributed by atoms with Crippen LogP contribution in [0.2, 0.25) is 0 Å². The number of hydrogen-bond donors (Lipinski definition) is 0. The molecule has 3 aromatic rings. The number of benzene rings is 1. The predicted molar refractivity (Wildman–Crippen MR) is 125 cm³/mol. The number of methoxy groups -OCH3 is 1. The van der Waals surface area contributed by atoms with Crippen molar-refractivity contribution in [2.45, 2.75) is 31.0 Å². The second-order valence-electron chi connectivity index (χ2n) is 7.99. The van der Waals surface area contributed by atoms with Gasteiger partial charge in [-0.3, -0.25) is 14.3 Å². The topological polar surface area (TPSA) is 73.1 Å². The van der Waals surface area contributed by atoms with Crippen LogP contribution in [0.3, 0.4) is 0 Å². The van der Waals surface area contributed by atoms with Gasteiger partial charge in [0, 0.05) is 38.2 Å². The van der Waals surface area contributed by atoms with E-state index in [4.69, 9.17) is 4.74 Å². The zero-order valence-electron chi connectivity index (χ0n) is 18.4. The van der Waals surface area contributed by atoms with Gasteiger partial charge >= 0.3 is 0 Å². The highest BCUT2D eigenvalue weighted by Gasteiger charge is 2.24. The molecule has 168 valence electrons. The van der Waals surface area contributed by atoms with E-state index in [1.807, 2.05) is 21.6 Å². The van der Waals surface area contributed by atoms with Crippen molar-refractivity contribution in [3.8, 4) is 11.4 Å². The normalized spacial score (nSPS) is 14.6. The molecular formula is C24H29N5O2S. The van der Waals surface area contributed by atoms with E-state index in [1.165, 1.54) is 17.3 Å². The third-order valence-electron chi connectivity index (χ3n) is 5.83. The van der Waals surface area contributed by atoms with Gasteiger partial charge in [0.15, 0.2) is 11.0 Å². The molecule has 0 unspecified atom stereocenters. The van der Waals surface area contributed by atoms with Gasteiger partial charge in [-0.05, 0) is 42.9 Å². The third kappa shape index (κ3) is 5.75. The lowest BCUT2D eigenvalue weighted by Crippen LogP contribution is -2.39. The lowest BCUT2D eigenvalue weighted by atomic mass is 9.90. The number of ether oxygens (including phenoxy) is 1. The summed E-state index contributed by atoms with van der Waals surface area (Å²) in [5, 5.41) is 9.45. The van der Waals surface area contributed by atoms with E-state index in [0.29, 0.717) is 24.8 Å². The Balaban J connectivity index is 1.32. The zero-order valence-corrected chi connectivity index (χ0v) is 19.2. The molecule has 3 heterocycles. The lowest BCUT2D eigenvalue weighted by Gasteiger charge is -2.32. The molecular weight excluding hydrogens is 422 g/mol. The van der Waals surface area contributed by atoms with E-state index in [0.717, 1.165) is 48.9 Å². The molecule has 0 radical (unpaired) electrons. The molecule has 1 aliphatic heterocycles. The van der Waals surface area contributed by atoms with Crippen LogP contribution in [0.15, 0.2) is 60.0 Å². The Kier molecular flexibility index (Phi) is 7.90. The van der Waals surface area contributed by atoms with Crippen LogP contribution in [0, 0.1) is 5.92 Å². The summed E-state index contributed by atoms with van der Waals surface area (Å²) in [5.74, 6) is 1.94. The van der Waals surface area contributed by atoms with Gasteiger partial charge in [0.25, 0.3) is 0 Å². The Hall–Kier alpha value is -2.71. The first-order valence-electron chi connectivity index (χ1n) is 11.0. The number of pyridine rings is 1. The number of likely N-dealkylation sites (tertiary alicyclic amines) is 1. The van der Waals surface area contributed by atoms with Crippen LogP contribution in [0.1, 0.15) is 18.4 Å². The molecule has 0 spiro atoms. The first-order valence-corrected chi connectivity index (χ1v) is 12.0. The number of thioether (sulfide) groups is 1. The highest BCUT2D eigenvalue weighted by atomic mass is 32.2. The number of nitrogens with zero attached hydrogens (tertiary/aromatic N) is 5. The molecule has 1 fully saturated rings. The number of aromatic nitrogens is 4. The van der Waals surface area contributed by atoms with Crippen molar-refractivity contribution in [1.82, 2.24) is 24.6 Å². The van der Waals surface area contributed by atoms with Crippen LogP contribution in [0.25, 0.3) is 11.4 Å². The molecule has 2 aromatic heterocycles. The zero-order chi connectivity index (χ0) is 22.2. The molecule has 32 heavy (non-hydrogen) atoms. The summed E-state index contributed by atoms with van der Waals surface area (Å²) < 4.78 is 7.28. The highest BCUT2D eigenvalue weighted by Crippen LogP contribution is 2.26. The van der Waals surface area contributed by atoms with Crippen LogP contribution >= 0.6 is 11.8 Å². The maximum absolute atomic E-state index is 12.9. The molecule has 1 saturated heterocycles. The maximum atomic E-state index is 12.9. The number of rotatable bonds is 9. The van der Waals surface area contributed by atoms with Gasteiger partial charge in [-0.2, -0.15) is 0 Å². The van der Waals surface area contributed by atoms with Gasteiger partial charge in [-0.25, -0.2) is 0 Å². The first kappa shape index (κ1) is 22.5. The second kappa shape index (κ2) is 11.2.